The number of carbonyl (C=O) groups excluding carboxylic acids is 1. The summed E-state index contributed by atoms with van der Waals surface area (Å²) in [7, 11) is 1.67. The molecule has 1 aromatic carbocycles. The van der Waals surface area contributed by atoms with Gasteiger partial charge in [0.15, 0.2) is 5.82 Å². The smallest absolute Gasteiger partial charge is 0.263 e. The van der Waals surface area contributed by atoms with E-state index in [1.54, 1.807) is 42.3 Å². The fourth-order valence-corrected chi connectivity index (χ4v) is 3.70. The molecular weight excluding hydrogens is 394 g/mol. The molecule has 0 saturated carbocycles. The lowest BCUT2D eigenvalue weighted by molar-refractivity contribution is 0.0744. The molecule has 0 unspecified atom stereocenters. The van der Waals surface area contributed by atoms with Gasteiger partial charge in [-0.25, -0.2) is 9.97 Å². The number of aryl methyl sites for hydroxylation is 2. The Kier molecular flexibility index (Phi) is 5.46. The lowest BCUT2D eigenvalue weighted by Gasteiger charge is -2.35. The van der Waals surface area contributed by atoms with Gasteiger partial charge in [0, 0.05) is 50.7 Å². The highest BCUT2D eigenvalue weighted by Crippen LogP contribution is 2.28. The van der Waals surface area contributed by atoms with Crippen LogP contribution in [0.4, 0.5) is 5.82 Å². The van der Waals surface area contributed by atoms with Crippen LogP contribution in [0.3, 0.4) is 0 Å². The Morgan fingerprint density at radius 3 is 2.42 bits per heavy atom. The Morgan fingerprint density at radius 1 is 1.00 bits per heavy atom. The summed E-state index contributed by atoms with van der Waals surface area (Å²) in [5.41, 5.74) is 2.11. The van der Waals surface area contributed by atoms with Crippen LogP contribution >= 0.6 is 0 Å². The number of piperazine rings is 1. The zero-order chi connectivity index (χ0) is 22.1. The molecule has 0 bridgehead atoms. The third-order valence-corrected chi connectivity index (χ3v) is 5.66. The number of hydrogen-bond acceptors (Lipinski definition) is 6. The largest absolute Gasteiger partial charge is 0.507 e. The molecule has 160 valence electrons. The summed E-state index contributed by atoms with van der Waals surface area (Å²) in [5, 5.41) is 10.2. The zero-order valence-electron chi connectivity index (χ0n) is 17.9. The molecular formula is C23H25N5O3. The van der Waals surface area contributed by atoms with Crippen molar-refractivity contribution in [2.45, 2.75) is 13.8 Å². The van der Waals surface area contributed by atoms with Crippen molar-refractivity contribution in [2.75, 3.05) is 31.1 Å². The molecule has 8 nitrogen and oxygen atoms in total. The monoisotopic (exact) mass is 419 g/mol. The van der Waals surface area contributed by atoms with Gasteiger partial charge in [-0.05, 0) is 38.1 Å². The number of hydrogen-bond donors (Lipinski definition) is 1. The van der Waals surface area contributed by atoms with Crippen LogP contribution in [-0.4, -0.2) is 56.6 Å². The summed E-state index contributed by atoms with van der Waals surface area (Å²) < 4.78 is 1.49. The highest BCUT2D eigenvalue weighted by molar-refractivity contribution is 5.94. The number of benzene rings is 1. The zero-order valence-corrected chi connectivity index (χ0v) is 17.9. The number of phenols is 1. The van der Waals surface area contributed by atoms with E-state index in [2.05, 4.69) is 14.9 Å². The van der Waals surface area contributed by atoms with Crippen LogP contribution in [0.1, 0.15) is 21.7 Å². The fourth-order valence-electron chi connectivity index (χ4n) is 3.70. The molecule has 8 heteroatoms. The molecule has 3 aromatic rings. The van der Waals surface area contributed by atoms with Crippen LogP contribution in [0, 0.1) is 13.8 Å². The second kappa shape index (κ2) is 8.22. The maximum atomic E-state index is 12.9. The normalized spacial score (nSPS) is 14.0. The summed E-state index contributed by atoms with van der Waals surface area (Å²) in [6.45, 7) is 5.89. The molecule has 1 aliphatic heterocycles. The number of carbonyl (C=O) groups is 1. The van der Waals surface area contributed by atoms with Crippen molar-refractivity contribution in [2.24, 2.45) is 7.05 Å². The molecule has 1 aliphatic rings. The molecule has 31 heavy (non-hydrogen) atoms. The number of aromatic hydroxyl groups is 1. The van der Waals surface area contributed by atoms with Gasteiger partial charge in [-0.15, -0.1) is 0 Å². The van der Waals surface area contributed by atoms with E-state index in [-0.39, 0.29) is 22.8 Å². The lowest BCUT2D eigenvalue weighted by Crippen LogP contribution is -2.50. The van der Waals surface area contributed by atoms with E-state index in [0.29, 0.717) is 37.6 Å². The van der Waals surface area contributed by atoms with Crippen LogP contribution in [0.15, 0.2) is 47.3 Å². The van der Waals surface area contributed by atoms with Crippen LogP contribution in [0.25, 0.3) is 11.4 Å². The summed E-state index contributed by atoms with van der Waals surface area (Å²) in [4.78, 5) is 38.3. The molecule has 2 aromatic heterocycles. The van der Waals surface area contributed by atoms with Crippen molar-refractivity contribution in [1.82, 2.24) is 19.4 Å². The van der Waals surface area contributed by atoms with Gasteiger partial charge < -0.3 is 19.5 Å². The quantitative estimate of drug-likeness (QED) is 0.699. The Hall–Kier alpha value is -3.68. The van der Waals surface area contributed by atoms with Gasteiger partial charge in [0.05, 0.1) is 5.56 Å². The lowest BCUT2D eigenvalue weighted by atomic mass is 10.1. The molecule has 1 saturated heterocycles. The van der Waals surface area contributed by atoms with Crippen molar-refractivity contribution in [1.29, 1.82) is 0 Å². The predicted molar refractivity (Wildman–Crippen MR) is 118 cm³/mol. The molecule has 0 aliphatic carbocycles. The standard InChI is InChI=1S/C23H25N5O3/c1-15-14-20(25-21(24-15)17-6-4-5-7-19(17)29)27-10-12-28(13-11-27)23(31)18-9-8-16(2)26(3)22(18)30/h4-9,14,29H,10-13H2,1-3H3. The molecule has 1 N–H and O–H groups in total. The fraction of sp³-hybridized carbons (Fsp3) is 0.304. The van der Waals surface area contributed by atoms with Gasteiger partial charge in [-0.3, -0.25) is 9.59 Å². The maximum absolute atomic E-state index is 12.9. The minimum Gasteiger partial charge on any atom is -0.507 e. The Bertz CT molecular complexity index is 1200. The van der Waals surface area contributed by atoms with Crippen LogP contribution in [-0.2, 0) is 7.05 Å². The first-order valence-electron chi connectivity index (χ1n) is 10.2. The van der Waals surface area contributed by atoms with Crippen LogP contribution in [0.5, 0.6) is 5.75 Å². The first kappa shape index (κ1) is 20.6. The summed E-state index contributed by atoms with van der Waals surface area (Å²) in [5.74, 6) is 1.11. The van der Waals surface area contributed by atoms with E-state index in [4.69, 9.17) is 0 Å². The van der Waals surface area contributed by atoms with Crippen molar-refractivity contribution in [3.63, 3.8) is 0 Å². The number of aromatic nitrogens is 3. The van der Waals surface area contributed by atoms with Crippen molar-refractivity contribution >= 4 is 11.7 Å². The Morgan fingerprint density at radius 2 is 1.71 bits per heavy atom. The van der Waals surface area contributed by atoms with Gasteiger partial charge in [0.1, 0.15) is 17.1 Å². The van der Waals surface area contributed by atoms with Crippen molar-refractivity contribution < 1.29 is 9.90 Å². The molecule has 0 radical (unpaired) electrons. The average Bonchev–Trinajstić information content (AvgIpc) is 2.77. The van der Waals surface area contributed by atoms with E-state index in [9.17, 15) is 14.7 Å². The molecule has 4 rings (SSSR count). The van der Waals surface area contributed by atoms with Gasteiger partial charge in [0.25, 0.3) is 11.5 Å². The summed E-state index contributed by atoms with van der Waals surface area (Å²) in [6, 6.07) is 12.3. The van der Waals surface area contributed by atoms with Crippen LogP contribution < -0.4 is 10.5 Å². The Balaban J connectivity index is 1.52. The van der Waals surface area contributed by atoms with E-state index >= 15 is 0 Å². The molecule has 0 spiro atoms. The van der Waals surface area contributed by atoms with Gasteiger partial charge in [-0.1, -0.05) is 12.1 Å². The number of pyridine rings is 1. The summed E-state index contributed by atoms with van der Waals surface area (Å²) in [6.07, 6.45) is 0. The highest BCUT2D eigenvalue weighted by Gasteiger charge is 2.25. The number of rotatable bonds is 3. The number of nitrogens with zero attached hydrogens (tertiary/aromatic N) is 5. The third-order valence-electron chi connectivity index (χ3n) is 5.66. The van der Waals surface area contributed by atoms with E-state index in [0.717, 1.165) is 17.2 Å². The van der Waals surface area contributed by atoms with E-state index < -0.39 is 0 Å². The minimum atomic E-state index is -0.272. The maximum Gasteiger partial charge on any atom is 0.263 e. The van der Waals surface area contributed by atoms with Crippen LogP contribution in [0.2, 0.25) is 0 Å². The number of para-hydroxylation sites is 1. The first-order valence-corrected chi connectivity index (χ1v) is 10.2. The van der Waals surface area contributed by atoms with Gasteiger partial charge in [-0.2, -0.15) is 0 Å². The topological polar surface area (TPSA) is 91.6 Å². The van der Waals surface area contributed by atoms with Gasteiger partial charge in [0.2, 0.25) is 0 Å². The number of phenolic OH excluding ortho intramolecular Hbond substituents is 1. The van der Waals surface area contributed by atoms with Gasteiger partial charge >= 0.3 is 0 Å². The second-order valence-corrected chi connectivity index (χ2v) is 7.74. The van der Waals surface area contributed by atoms with E-state index in [1.807, 2.05) is 26.0 Å². The average molecular weight is 419 g/mol. The number of amides is 1. The SMILES string of the molecule is Cc1cc(N2CCN(C(=O)c3ccc(C)n(C)c3=O)CC2)nc(-c2ccccc2O)n1. The highest BCUT2D eigenvalue weighted by atomic mass is 16.3. The molecule has 0 atom stereocenters. The summed E-state index contributed by atoms with van der Waals surface area (Å²) >= 11 is 0. The molecule has 1 fully saturated rings. The van der Waals surface area contributed by atoms with Crippen molar-refractivity contribution in [3.8, 4) is 17.1 Å². The molecule has 1 amide bonds. The third kappa shape index (κ3) is 4.01. The number of anilines is 1. The predicted octanol–water partition coefficient (Wildman–Crippen LogP) is 2.13. The minimum absolute atomic E-state index is 0.133. The van der Waals surface area contributed by atoms with Crippen molar-refractivity contribution in [3.05, 3.63) is 69.8 Å². The first-order chi connectivity index (χ1) is 14.8. The van der Waals surface area contributed by atoms with E-state index in [1.165, 1.54) is 4.57 Å². The Labute approximate surface area is 180 Å². The molecule has 3 heterocycles. The second-order valence-electron chi connectivity index (χ2n) is 7.74.